The first-order valence-electron chi connectivity index (χ1n) is 9.40. The Kier molecular flexibility index (Phi) is 14.3. The number of hydrogen-bond acceptors (Lipinski definition) is 6. The molecule has 3 unspecified atom stereocenters. The van der Waals surface area contributed by atoms with Gasteiger partial charge in [0.05, 0.1) is 6.42 Å². The zero-order valence-electron chi connectivity index (χ0n) is 15.5. The summed E-state index contributed by atoms with van der Waals surface area (Å²) in [7, 11) is 0. The maximum Gasteiger partial charge on any atom is 0.229 e. The predicted octanol–water partition coefficient (Wildman–Crippen LogP) is 3.61. The van der Waals surface area contributed by atoms with Crippen molar-refractivity contribution in [2.24, 2.45) is 0 Å². The largest absolute Gasteiger partial charge is 0.385 e. The van der Waals surface area contributed by atoms with E-state index >= 15 is 0 Å². The minimum Gasteiger partial charge on any atom is -0.385 e. The molecule has 0 aliphatic heterocycles. The summed E-state index contributed by atoms with van der Waals surface area (Å²) in [6, 6.07) is -1.76. The van der Waals surface area contributed by atoms with Crippen molar-refractivity contribution >= 4 is 6.29 Å². The van der Waals surface area contributed by atoms with Gasteiger partial charge >= 0.3 is 0 Å². The third kappa shape index (κ3) is 12.5. The minimum absolute atomic E-state index is 0.0265. The molecule has 0 bridgehead atoms. The molecule has 0 rings (SSSR count). The molecule has 0 amide bonds. The third-order valence-corrected chi connectivity index (χ3v) is 4.35. The Labute approximate surface area is 155 Å². The zero-order chi connectivity index (χ0) is 19.8. The molecule has 0 fully saturated rings. The van der Waals surface area contributed by atoms with Crippen molar-refractivity contribution in [3.63, 3.8) is 0 Å². The molecule has 0 saturated heterocycles. The molecule has 0 aliphatic carbocycles. The Bertz CT molecular complexity index is 441. The normalized spacial score (nSPS) is 14.8. The van der Waals surface area contributed by atoms with E-state index in [0.717, 1.165) is 25.7 Å². The average Bonchev–Trinajstić information content (AvgIpc) is 2.60. The first-order valence-corrected chi connectivity index (χ1v) is 9.40. The first kappa shape index (κ1) is 24.2. The van der Waals surface area contributed by atoms with E-state index in [4.69, 9.17) is 5.11 Å². The number of aliphatic hydroxyl groups excluding tert-OH is 1. The highest BCUT2D eigenvalue weighted by molar-refractivity contribution is 5.56. The van der Waals surface area contributed by atoms with Crippen molar-refractivity contribution < 1.29 is 19.7 Å². The minimum atomic E-state index is -1.06. The van der Waals surface area contributed by atoms with E-state index in [1.54, 1.807) is 0 Å². The molecular weight excluding hydrogens is 340 g/mol. The lowest BCUT2D eigenvalue weighted by atomic mass is 9.98. The molecule has 8 nitrogen and oxygen atoms in total. The lowest BCUT2D eigenvalue weighted by Gasteiger charge is -2.12. The van der Waals surface area contributed by atoms with Crippen molar-refractivity contribution in [2.75, 3.05) is 0 Å². The van der Waals surface area contributed by atoms with Gasteiger partial charge in [0.1, 0.15) is 6.10 Å². The molecule has 0 saturated carbocycles. The summed E-state index contributed by atoms with van der Waals surface area (Å²) in [4.78, 5) is 31.7. The van der Waals surface area contributed by atoms with Gasteiger partial charge in [-0.1, -0.05) is 38.3 Å². The molecule has 8 heteroatoms. The Hall–Kier alpha value is -1.83. The van der Waals surface area contributed by atoms with Gasteiger partial charge in [0, 0.05) is 22.7 Å². The second kappa shape index (κ2) is 15.4. The van der Waals surface area contributed by atoms with E-state index in [0.29, 0.717) is 32.1 Å². The van der Waals surface area contributed by atoms with Crippen LogP contribution in [-0.4, -0.2) is 39.4 Å². The van der Waals surface area contributed by atoms with Crippen LogP contribution in [0.2, 0.25) is 0 Å². The number of hydrogen-bond donors (Lipinski definition) is 1. The molecule has 149 valence electrons. The van der Waals surface area contributed by atoms with E-state index in [1.165, 1.54) is 6.29 Å². The topological polar surface area (TPSA) is 124 Å². The maximum atomic E-state index is 11.2. The smallest absolute Gasteiger partial charge is 0.229 e. The molecule has 0 heterocycles. The number of carbonyl (C=O) groups excluding carboxylic acids is 1. The fourth-order valence-corrected chi connectivity index (χ4v) is 2.75. The van der Waals surface area contributed by atoms with Crippen molar-refractivity contribution in [1.82, 2.24) is 0 Å². The molecule has 0 aromatic heterocycles. The molecule has 1 N–H and O–H groups in total. The monoisotopic (exact) mass is 371 g/mol. The van der Waals surface area contributed by atoms with Crippen LogP contribution in [0.25, 0.3) is 0 Å². The molecular formula is C18H31N2O6. The quantitative estimate of drug-likeness (QED) is 0.180. The van der Waals surface area contributed by atoms with E-state index < -0.39 is 23.1 Å². The Morgan fingerprint density at radius 2 is 1.54 bits per heavy atom. The van der Waals surface area contributed by atoms with Crippen LogP contribution in [0.4, 0.5) is 0 Å². The summed E-state index contributed by atoms with van der Waals surface area (Å²) < 4.78 is 0. The van der Waals surface area contributed by atoms with Gasteiger partial charge in [-0.3, -0.25) is 25.0 Å². The highest BCUT2D eigenvalue weighted by atomic mass is 16.6. The van der Waals surface area contributed by atoms with Gasteiger partial charge in [-0.2, -0.15) is 0 Å². The Morgan fingerprint density at radius 3 is 2.12 bits per heavy atom. The number of rotatable bonds is 17. The van der Waals surface area contributed by atoms with Crippen LogP contribution < -0.4 is 0 Å². The van der Waals surface area contributed by atoms with Gasteiger partial charge in [0.2, 0.25) is 18.4 Å². The van der Waals surface area contributed by atoms with Crippen LogP contribution >= 0.6 is 0 Å². The van der Waals surface area contributed by atoms with Crippen LogP contribution in [0.15, 0.2) is 12.2 Å². The van der Waals surface area contributed by atoms with Crippen LogP contribution in [0.5, 0.6) is 0 Å². The van der Waals surface area contributed by atoms with Crippen molar-refractivity contribution in [1.29, 1.82) is 0 Å². The van der Waals surface area contributed by atoms with E-state index in [-0.39, 0.29) is 17.8 Å². The number of allylic oxidation sites excluding steroid dienone is 2. The number of nitro groups is 2. The SMILES string of the molecule is CCCCCCC(CC(CCC=CCCCC(O)[C]=O)[N+](=O)[O-])[N+](=O)[O-]. The van der Waals surface area contributed by atoms with Crippen molar-refractivity contribution in [2.45, 2.75) is 95.7 Å². The molecule has 3 atom stereocenters. The second-order valence-corrected chi connectivity index (χ2v) is 6.58. The predicted molar refractivity (Wildman–Crippen MR) is 98.9 cm³/mol. The van der Waals surface area contributed by atoms with Gasteiger partial charge in [0.15, 0.2) is 0 Å². The zero-order valence-corrected chi connectivity index (χ0v) is 15.5. The molecule has 0 spiro atoms. The van der Waals surface area contributed by atoms with Crippen LogP contribution in [0.1, 0.15) is 77.6 Å². The van der Waals surface area contributed by atoms with Gasteiger partial charge in [0.25, 0.3) is 0 Å². The fourth-order valence-electron chi connectivity index (χ4n) is 2.75. The maximum absolute atomic E-state index is 11.2. The lowest BCUT2D eigenvalue weighted by Crippen LogP contribution is -2.30. The second-order valence-electron chi connectivity index (χ2n) is 6.58. The van der Waals surface area contributed by atoms with Gasteiger partial charge in [-0.25, -0.2) is 0 Å². The lowest BCUT2D eigenvalue weighted by molar-refractivity contribution is -0.561. The van der Waals surface area contributed by atoms with Gasteiger partial charge in [-0.15, -0.1) is 0 Å². The number of unbranched alkanes of at least 4 members (excludes halogenated alkanes) is 4. The summed E-state index contributed by atoms with van der Waals surface area (Å²) in [5, 5.41) is 31.4. The van der Waals surface area contributed by atoms with E-state index in [2.05, 4.69) is 6.92 Å². The Balaban J connectivity index is 4.25. The van der Waals surface area contributed by atoms with Crippen LogP contribution in [0, 0.1) is 20.2 Å². The molecule has 0 aromatic carbocycles. The van der Waals surface area contributed by atoms with E-state index in [1.807, 2.05) is 12.2 Å². The van der Waals surface area contributed by atoms with Crippen molar-refractivity contribution in [3.8, 4) is 0 Å². The molecule has 1 radical (unpaired) electrons. The molecule has 0 aliphatic rings. The summed E-state index contributed by atoms with van der Waals surface area (Å²) in [6.45, 7) is 2.06. The number of aliphatic hydroxyl groups is 1. The van der Waals surface area contributed by atoms with Crippen molar-refractivity contribution in [3.05, 3.63) is 32.4 Å². The average molecular weight is 371 g/mol. The van der Waals surface area contributed by atoms with Gasteiger partial charge in [-0.05, 0) is 32.1 Å². The van der Waals surface area contributed by atoms with Crippen LogP contribution in [0.3, 0.4) is 0 Å². The Morgan fingerprint density at radius 1 is 0.923 bits per heavy atom. The third-order valence-electron chi connectivity index (χ3n) is 4.35. The highest BCUT2D eigenvalue weighted by Crippen LogP contribution is 2.17. The first-order chi connectivity index (χ1) is 12.4. The van der Waals surface area contributed by atoms with Crippen LogP contribution in [-0.2, 0) is 4.79 Å². The highest BCUT2D eigenvalue weighted by Gasteiger charge is 2.30. The summed E-state index contributed by atoms with van der Waals surface area (Å²) in [6.07, 6.45) is 10.6. The molecule has 0 aromatic rings. The van der Waals surface area contributed by atoms with Gasteiger partial charge < -0.3 is 5.11 Å². The summed E-state index contributed by atoms with van der Waals surface area (Å²) >= 11 is 0. The number of nitrogens with zero attached hydrogens (tertiary/aromatic N) is 2. The summed E-state index contributed by atoms with van der Waals surface area (Å²) in [5.41, 5.74) is 0. The van der Waals surface area contributed by atoms with E-state index in [9.17, 15) is 25.0 Å². The summed E-state index contributed by atoms with van der Waals surface area (Å²) in [5.74, 6) is 0. The standard InChI is InChI=1S/C18H31N2O6/c1-2-3-4-8-11-16(19(23)24)14-17(20(25)26)12-9-6-5-7-10-13-18(22)15-21/h5-6,16-18,22H,2-4,7-14H2,1H3. The molecule has 26 heavy (non-hydrogen) atoms. The fraction of sp³-hybridized carbons (Fsp3) is 0.833.